The molecule has 31 heavy (non-hydrogen) atoms. The molecular formula is C22H34N6O3. The Kier molecular flexibility index (Phi) is 9.11. The highest BCUT2D eigenvalue weighted by atomic mass is 16.5. The molecule has 1 aromatic carbocycles. The van der Waals surface area contributed by atoms with Crippen molar-refractivity contribution in [2.75, 3.05) is 31.7 Å². The molecule has 0 amide bonds. The van der Waals surface area contributed by atoms with E-state index in [1.165, 1.54) is 0 Å². The summed E-state index contributed by atoms with van der Waals surface area (Å²) in [4.78, 5) is 4.65. The van der Waals surface area contributed by atoms with E-state index in [1.807, 2.05) is 49.7 Å². The van der Waals surface area contributed by atoms with Gasteiger partial charge in [-0.2, -0.15) is 0 Å². The lowest BCUT2D eigenvalue weighted by Crippen LogP contribution is -2.32. The molecule has 0 saturated carbocycles. The van der Waals surface area contributed by atoms with Gasteiger partial charge in [-0.25, -0.2) is 4.99 Å². The fourth-order valence-electron chi connectivity index (χ4n) is 3.14. The molecule has 2 N–H and O–H groups in total. The van der Waals surface area contributed by atoms with Gasteiger partial charge in [-0.3, -0.25) is 0 Å². The molecule has 1 atom stereocenters. The van der Waals surface area contributed by atoms with Crippen LogP contribution in [0.1, 0.15) is 38.9 Å². The molecule has 2 aromatic rings. The number of aryl methyl sites for hydroxylation is 1. The maximum Gasteiger partial charge on any atom is 0.196 e. The van der Waals surface area contributed by atoms with Crippen LogP contribution in [0.2, 0.25) is 0 Å². The third kappa shape index (κ3) is 8.18. The van der Waals surface area contributed by atoms with Crippen LogP contribution < -0.4 is 15.4 Å². The molecule has 1 unspecified atom stereocenters. The van der Waals surface area contributed by atoms with Crippen LogP contribution in [0.3, 0.4) is 0 Å². The van der Waals surface area contributed by atoms with Gasteiger partial charge in [0.1, 0.15) is 18.6 Å². The van der Waals surface area contributed by atoms with Crippen LogP contribution in [0.5, 0.6) is 5.75 Å². The monoisotopic (exact) mass is 430 g/mol. The van der Waals surface area contributed by atoms with Gasteiger partial charge in [0.2, 0.25) is 0 Å². The number of aliphatic imine (C=N–C) groups is 1. The minimum absolute atomic E-state index is 0.145. The lowest BCUT2D eigenvalue weighted by atomic mass is 10.2. The zero-order chi connectivity index (χ0) is 21.9. The van der Waals surface area contributed by atoms with Crippen LogP contribution in [0.25, 0.3) is 0 Å². The zero-order valence-electron chi connectivity index (χ0n) is 18.7. The second kappa shape index (κ2) is 12.3. The summed E-state index contributed by atoms with van der Waals surface area (Å²) in [6, 6.07) is 7.84. The van der Waals surface area contributed by atoms with Crippen molar-refractivity contribution >= 4 is 11.6 Å². The van der Waals surface area contributed by atoms with Crippen LogP contribution in [-0.2, 0) is 23.1 Å². The number of rotatable bonds is 11. The molecule has 0 spiro atoms. The second-order valence-electron chi connectivity index (χ2n) is 7.83. The molecular weight excluding hydrogens is 396 g/mol. The van der Waals surface area contributed by atoms with E-state index >= 15 is 0 Å². The molecule has 9 nitrogen and oxygen atoms in total. The summed E-state index contributed by atoms with van der Waals surface area (Å²) in [6.07, 6.45) is 5.19. The topological polar surface area (TPSA) is 94.8 Å². The number of hydrogen-bond acceptors (Lipinski definition) is 6. The number of anilines is 1. The van der Waals surface area contributed by atoms with Crippen molar-refractivity contribution < 1.29 is 14.2 Å². The van der Waals surface area contributed by atoms with Gasteiger partial charge >= 0.3 is 0 Å². The first kappa shape index (κ1) is 23.0. The van der Waals surface area contributed by atoms with E-state index in [0.717, 1.165) is 49.7 Å². The average Bonchev–Trinajstić information content (AvgIpc) is 3.41. The number of nitrogens with one attached hydrogen (secondary N) is 2. The van der Waals surface area contributed by atoms with Crippen molar-refractivity contribution in [3.8, 4) is 5.75 Å². The number of benzene rings is 1. The number of guanidine groups is 1. The molecule has 1 aliphatic heterocycles. The lowest BCUT2D eigenvalue weighted by Gasteiger charge is -2.14. The summed E-state index contributed by atoms with van der Waals surface area (Å²) in [5.41, 5.74) is 0.926. The number of nitrogens with zero attached hydrogens (tertiary/aromatic N) is 4. The Bertz CT molecular complexity index is 800. The van der Waals surface area contributed by atoms with E-state index in [1.54, 1.807) is 6.33 Å². The predicted octanol–water partition coefficient (Wildman–Crippen LogP) is 2.75. The molecule has 1 saturated heterocycles. The minimum atomic E-state index is 0.145. The standard InChI is InChI=1S/C22H34N6O3/c1-17(2)31-19-9-7-18(8-10-19)26-22(24-14-21-27-25-16-28(21)3)23-11-5-12-29-15-20-6-4-13-30-20/h7-10,16-17,20H,4-6,11-15H2,1-3H3,(H2,23,24,26). The van der Waals surface area contributed by atoms with E-state index < -0.39 is 0 Å². The Hall–Kier alpha value is -2.65. The maximum atomic E-state index is 5.74. The molecule has 0 aliphatic carbocycles. The molecule has 170 valence electrons. The van der Waals surface area contributed by atoms with Crippen molar-refractivity contribution in [2.24, 2.45) is 12.0 Å². The SMILES string of the molecule is CC(C)Oc1ccc(NC(=NCc2nncn2C)NCCCOCC2CCCO2)cc1. The summed E-state index contributed by atoms with van der Waals surface area (Å²) in [5, 5.41) is 14.7. The Balaban J connectivity index is 1.49. The van der Waals surface area contributed by atoms with Gasteiger partial charge in [0.05, 0.1) is 18.8 Å². The van der Waals surface area contributed by atoms with Crippen LogP contribution in [0.15, 0.2) is 35.6 Å². The normalized spacial score (nSPS) is 16.6. The first-order chi connectivity index (χ1) is 15.1. The highest BCUT2D eigenvalue weighted by molar-refractivity contribution is 5.93. The molecule has 3 rings (SSSR count). The van der Waals surface area contributed by atoms with Crippen molar-refractivity contribution in [1.29, 1.82) is 0 Å². The summed E-state index contributed by atoms with van der Waals surface area (Å²) >= 11 is 0. The van der Waals surface area contributed by atoms with Gasteiger partial charge < -0.3 is 29.4 Å². The maximum absolute atomic E-state index is 5.74. The molecule has 0 radical (unpaired) electrons. The van der Waals surface area contributed by atoms with Crippen molar-refractivity contribution in [1.82, 2.24) is 20.1 Å². The van der Waals surface area contributed by atoms with E-state index in [4.69, 9.17) is 14.2 Å². The van der Waals surface area contributed by atoms with Gasteiger partial charge in [0.15, 0.2) is 11.8 Å². The zero-order valence-corrected chi connectivity index (χ0v) is 18.7. The van der Waals surface area contributed by atoms with Crippen LogP contribution in [-0.4, -0.2) is 59.3 Å². The van der Waals surface area contributed by atoms with Gasteiger partial charge in [0.25, 0.3) is 0 Å². The van der Waals surface area contributed by atoms with E-state index in [-0.39, 0.29) is 12.2 Å². The second-order valence-corrected chi connectivity index (χ2v) is 7.83. The Morgan fingerprint density at radius 1 is 1.32 bits per heavy atom. The van der Waals surface area contributed by atoms with Gasteiger partial charge in [-0.05, 0) is 57.4 Å². The number of aromatic nitrogens is 3. The first-order valence-corrected chi connectivity index (χ1v) is 10.9. The highest BCUT2D eigenvalue weighted by Crippen LogP contribution is 2.17. The summed E-state index contributed by atoms with van der Waals surface area (Å²) in [6.45, 7) is 7.41. The fourth-order valence-corrected chi connectivity index (χ4v) is 3.14. The Morgan fingerprint density at radius 3 is 2.84 bits per heavy atom. The summed E-state index contributed by atoms with van der Waals surface area (Å²) in [7, 11) is 1.91. The fraction of sp³-hybridized carbons (Fsp3) is 0.591. The van der Waals surface area contributed by atoms with E-state index in [9.17, 15) is 0 Å². The highest BCUT2D eigenvalue weighted by Gasteiger charge is 2.15. The van der Waals surface area contributed by atoms with E-state index in [0.29, 0.717) is 25.7 Å². The molecule has 2 heterocycles. The van der Waals surface area contributed by atoms with Gasteiger partial charge in [0, 0.05) is 32.5 Å². The first-order valence-electron chi connectivity index (χ1n) is 10.9. The van der Waals surface area contributed by atoms with Crippen molar-refractivity contribution in [3.05, 3.63) is 36.4 Å². The van der Waals surface area contributed by atoms with Crippen LogP contribution in [0.4, 0.5) is 5.69 Å². The molecule has 1 aromatic heterocycles. The quantitative estimate of drug-likeness (QED) is 0.322. The lowest BCUT2D eigenvalue weighted by molar-refractivity contribution is 0.0168. The van der Waals surface area contributed by atoms with Crippen molar-refractivity contribution in [3.63, 3.8) is 0 Å². The molecule has 1 aliphatic rings. The van der Waals surface area contributed by atoms with Crippen LogP contribution >= 0.6 is 0 Å². The smallest absolute Gasteiger partial charge is 0.196 e. The number of hydrogen-bond donors (Lipinski definition) is 2. The largest absolute Gasteiger partial charge is 0.491 e. The summed E-state index contributed by atoms with van der Waals surface area (Å²) in [5.74, 6) is 2.32. The molecule has 9 heteroatoms. The average molecular weight is 431 g/mol. The third-order valence-electron chi connectivity index (χ3n) is 4.76. The Labute approximate surface area is 184 Å². The van der Waals surface area contributed by atoms with Crippen LogP contribution in [0, 0.1) is 0 Å². The van der Waals surface area contributed by atoms with Gasteiger partial charge in [-0.1, -0.05) is 0 Å². The van der Waals surface area contributed by atoms with Gasteiger partial charge in [-0.15, -0.1) is 10.2 Å². The Morgan fingerprint density at radius 2 is 2.16 bits per heavy atom. The molecule has 0 bridgehead atoms. The van der Waals surface area contributed by atoms with Crippen molar-refractivity contribution in [2.45, 2.75) is 51.9 Å². The predicted molar refractivity (Wildman–Crippen MR) is 120 cm³/mol. The third-order valence-corrected chi connectivity index (χ3v) is 4.76. The molecule has 1 fully saturated rings. The summed E-state index contributed by atoms with van der Waals surface area (Å²) < 4.78 is 18.9. The number of ether oxygens (including phenoxy) is 3. The van der Waals surface area contributed by atoms with E-state index in [2.05, 4.69) is 25.8 Å². The minimum Gasteiger partial charge on any atom is -0.491 e.